The van der Waals surface area contributed by atoms with Gasteiger partial charge in [0, 0.05) is 15.0 Å². The van der Waals surface area contributed by atoms with Crippen LogP contribution in [0.25, 0.3) is 0 Å². The molecule has 2 aromatic rings. The van der Waals surface area contributed by atoms with Gasteiger partial charge in [-0.1, -0.05) is 37.9 Å². The van der Waals surface area contributed by atoms with Gasteiger partial charge in [0.1, 0.15) is 5.82 Å². The number of rotatable bonds is 4. The molecule has 0 saturated heterocycles. The first-order valence-electron chi connectivity index (χ1n) is 6.38. The van der Waals surface area contributed by atoms with Crippen molar-refractivity contribution in [3.8, 4) is 0 Å². The molecule has 2 aromatic carbocycles. The fraction of sp³-hybridized carbons (Fsp3) is 0.250. The molecule has 0 radical (unpaired) electrons. The second kappa shape index (κ2) is 6.83. The molecular formula is C16H16Br2FN. The zero-order chi connectivity index (χ0) is 14.7. The highest BCUT2D eigenvalue weighted by Gasteiger charge is 2.14. The molecule has 106 valence electrons. The minimum Gasteiger partial charge on any atom is -0.313 e. The second-order valence-corrected chi connectivity index (χ2v) is 6.66. The summed E-state index contributed by atoms with van der Waals surface area (Å²) < 4.78 is 15.3. The van der Waals surface area contributed by atoms with E-state index in [1.54, 1.807) is 6.07 Å². The van der Waals surface area contributed by atoms with Gasteiger partial charge in [0.15, 0.2) is 0 Å². The quantitative estimate of drug-likeness (QED) is 0.747. The molecule has 1 N–H and O–H groups in total. The van der Waals surface area contributed by atoms with E-state index in [1.165, 1.54) is 17.2 Å². The van der Waals surface area contributed by atoms with Gasteiger partial charge in [-0.05, 0) is 67.4 Å². The maximum absolute atomic E-state index is 13.5. The van der Waals surface area contributed by atoms with E-state index in [0.29, 0.717) is 0 Å². The number of halogens is 3. The summed E-state index contributed by atoms with van der Waals surface area (Å²) in [5, 5.41) is 3.32. The Kier molecular flexibility index (Phi) is 5.35. The zero-order valence-corrected chi connectivity index (χ0v) is 14.6. The minimum absolute atomic E-state index is 0.154. The van der Waals surface area contributed by atoms with E-state index in [2.05, 4.69) is 56.2 Å². The molecular weight excluding hydrogens is 385 g/mol. The fourth-order valence-electron chi connectivity index (χ4n) is 2.32. The van der Waals surface area contributed by atoms with Crippen LogP contribution in [0.2, 0.25) is 0 Å². The Morgan fingerprint density at radius 3 is 2.50 bits per heavy atom. The van der Waals surface area contributed by atoms with Crippen LogP contribution >= 0.6 is 31.9 Å². The SMILES string of the molecule is CNC(Cc1cc(F)cc(Br)c1)c1cc(Br)ccc1C. The Morgan fingerprint density at radius 1 is 1.10 bits per heavy atom. The lowest BCUT2D eigenvalue weighted by Crippen LogP contribution is -2.20. The van der Waals surface area contributed by atoms with Gasteiger partial charge < -0.3 is 5.32 Å². The highest BCUT2D eigenvalue weighted by Crippen LogP contribution is 2.26. The molecule has 0 amide bonds. The van der Waals surface area contributed by atoms with Crippen molar-refractivity contribution < 1.29 is 4.39 Å². The Bertz CT molecular complexity index is 593. The molecule has 0 aliphatic carbocycles. The van der Waals surface area contributed by atoms with Crippen LogP contribution in [0.5, 0.6) is 0 Å². The predicted molar refractivity (Wildman–Crippen MR) is 88.5 cm³/mol. The topological polar surface area (TPSA) is 12.0 Å². The van der Waals surface area contributed by atoms with Crippen LogP contribution in [0.1, 0.15) is 22.7 Å². The maximum atomic E-state index is 13.5. The zero-order valence-electron chi connectivity index (χ0n) is 11.4. The lowest BCUT2D eigenvalue weighted by Gasteiger charge is -2.19. The Balaban J connectivity index is 2.31. The summed E-state index contributed by atoms with van der Waals surface area (Å²) >= 11 is 6.85. The van der Waals surface area contributed by atoms with Crippen molar-refractivity contribution in [1.82, 2.24) is 5.32 Å². The number of benzene rings is 2. The van der Waals surface area contributed by atoms with Crippen molar-refractivity contribution in [2.45, 2.75) is 19.4 Å². The van der Waals surface area contributed by atoms with Gasteiger partial charge in [0.2, 0.25) is 0 Å². The van der Waals surface area contributed by atoms with E-state index in [4.69, 9.17) is 0 Å². The first-order valence-corrected chi connectivity index (χ1v) is 7.96. The fourth-order valence-corrected chi connectivity index (χ4v) is 3.21. The molecule has 4 heteroatoms. The highest BCUT2D eigenvalue weighted by atomic mass is 79.9. The molecule has 1 unspecified atom stereocenters. The van der Waals surface area contributed by atoms with Crippen LogP contribution in [0.3, 0.4) is 0 Å². The first-order chi connectivity index (χ1) is 9.49. The van der Waals surface area contributed by atoms with Crippen molar-refractivity contribution in [2.75, 3.05) is 7.05 Å². The molecule has 0 bridgehead atoms. The number of aryl methyl sites for hydroxylation is 1. The van der Waals surface area contributed by atoms with Crippen LogP contribution < -0.4 is 5.32 Å². The molecule has 0 heterocycles. The highest BCUT2D eigenvalue weighted by molar-refractivity contribution is 9.10. The third kappa shape index (κ3) is 3.90. The number of nitrogens with one attached hydrogen (secondary N) is 1. The van der Waals surface area contributed by atoms with E-state index in [0.717, 1.165) is 20.9 Å². The van der Waals surface area contributed by atoms with Gasteiger partial charge in [0.05, 0.1) is 0 Å². The normalized spacial score (nSPS) is 12.4. The van der Waals surface area contributed by atoms with E-state index < -0.39 is 0 Å². The summed E-state index contributed by atoms with van der Waals surface area (Å²) in [6.07, 6.45) is 0.740. The van der Waals surface area contributed by atoms with E-state index >= 15 is 0 Å². The Labute approximate surface area is 135 Å². The van der Waals surface area contributed by atoms with Crippen molar-refractivity contribution in [2.24, 2.45) is 0 Å². The smallest absolute Gasteiger partial charge is 0.124 e. The summed E-state index contributed by atoms with van der Waals surface area (Å²) in [4.78, 5) is 0. The van der Waals surface area contributed by atoms with Gasteiger partial charge in [-0.15, -0.1) is 0 Å². The largest absolute Gasteiger partial charge is 0.313 e. The molecule has 0 aromatic heterocycles. The third-order valence-electron chi connectivity index (χ3n) is 3.33. The molecule has 0 aliphatic heterocycles. The second-order valence-electron chi connectivity index (χ2n) is 4.82. The maximum Gasteiger partial charge on any atom is 0.124 e. The lowest BCUT2D eigenvalue weighted by atomic mass is 9.95. The Morgan fingerprint density at radius 2 is 1.85 bits per heavy atom. The molecule has 20 heavy (non-hydrogen) atoms. The van der Waals surface area contributed by atoms with Crippen molar-refractivity contribution in [1.29, 1.82) is 0 Å². The Hall–Kier alpha value is -0.710. The average Bonchev–Trinajstić information content (AvgIpc) is 2.38. The third-order valence-corrected chi connectivity index (χ3v) is 4.28. The van der Waals surface area contributed by atoms with Crippen LogP contribution in [-0.2, 0) is 6.42 Å². The average molecular weight is 401 g/mol. The summed E-state index contributed by atoms with van der Waals surface area (Å²) in [7, 11) is 1.93. The van der Waals surface area contributed by atoms with Gasteiger partial charge in [-0.3, -0.25) is 0 Å². The molecule has 2 rings (SSSR count). The van der Waals surface area contributed by atoms with Gasteiger partial charge in [-0.25, -0.2) is 4.39 Å². The van der Waals surface area contributed by atoms with Gasteiger partial charge in [-0.2, -0.15) is 0 Å². The van der Waals surface area contributed by atoms with Crippen molar-refractivity contribution in [3.63, 3.8) is 0 Å². The number of hydrogen-bond donors (Lipinski definition) is 1. The standard InChI is InChI=1S/C16H16Br2FN/c1-10-3-4-12(17)9-15(10)16(20-2)7-11-5-13(18)8-14(19)6-11/h3-6,8-9,16,20H,7H2,1-2H3. The summed E-state index contributed by atoms with van der Waals surface area (Å²) in [6.45, 7) is 2.09. The minimum atomic E-state index is -0.213. The number of hydrogen-bond acceptors (Lipinski definition) is 1. The van der Waals surface area contributed by atoms with Crippen LogP contribution in [0.15, 0.2) is 45.3 Å². The van der Waals surface area contributed by atoms with Crippen LogP contribution in [0, 0.1) is 12.7 Å². The molecule has 0 aliphatic rings. The summed E-state index contributed by atoms with van der Waals surface area (Å²) in [6, 6.07) is 11.4. The van der Waals surface area contributed by atoms with Gasteiger partial charge in [0.25, 0.3) is 0 Å². The number of likely N-dealkylation sites (N-methyl/N-ethyl adjacent to an activating group) is 1. The van der Waals surface area contributed by atoms with Gasteiger partial charge >= 0.3 is 0 Å². The molecule has 1 atom stereocenters. The van der Waals surface area contributed by atoms with Crippen molar-refractivity contribution >= 4 is 31.9 Å². The van der Waals surface area contributed by atoms with E-state index in [1.807, 2.05) is 19.2 Å². The molecule has 0 spiro atoms. The first kappa shape index (κ1) is 15.7. The van der Waals surface area contributed by atoms with E-state index in [-0.39, 0.29) is 11.9 Å². The monoisotopic (exact) mass is 399 g/mol. The van der Waals surface area contributed by atoms with Crippen LogP contribution in [-0.4, -0.2) is 7.05 Å². The van der Waals surface area contributed by atoms with Crippen LogP contribution in [0.4, 0.5) is 4.39 Å². The molecule has 0 saturated carbocycles. The van der Waals surface area contributed by atoms with Crippen molar-refractivity contribution in [3.05, 3.63) is 67.9 Å². The lowest BCUT2D eigenvalue weighted by molar-refractivity contribution is 0.581. The molecule has 1 nitrogen and oxygen atoms in total. The summed E-state index contributed by atoms with van der Waals surface area (Å²) in [5.74, 6) is -0.213. The predicted octanol–water partition coefficient (Wildman–Crippen LogP) is 5.16. The van der Waals surface area contributed by atoms with E-state index in [9.17, 15) is 4.39 Å². The summed E-state index contributed by atoms with van der Waals surface area (Å²) in [5.41, 5.74) is 3.42. The molecule has 0 fully saturated rings.